The Morgan fingerprint density at radius 2 is 2.06 bits per heavy atom. The number of allylic oxidation sites excluding steroid dienone is 2. The maximum Gasteiger partial charge on any atom is 0.313 e. The van der Waals surface area contributed by atoms with Gasteiger partial charge in [0.05, 0.1) is 12.0 Å². The molecule has 0 unspecified atom stereocenters. The van der Waals surface area contributed by atoms with E-state index in [-0.39, 0.29) is 17.2 Å². The van der Waals surface area contributed by atoms with E-state index in [9.17, 15) is 9.59 Å². The zero-order chi connectivity index (χ0) is 12.3. The molecule has 1 saturated carbocycles. The van der Waals surface area contributed by atoms with E-state index in [1.54, 1.807) is 6.08 Å². The van der Waals surface area contributed by atoms with Crippen LogP contribution in [0.15, 0.2) is 11.6 Å². The molecule has 3 rings (SSSR count). The van der Waals surface area contributed by atoms with E-state index >= 15 is 0 Å². The lowest BCUT2D eigenvalue weighted by atomic mass is 9.49. The highest BCUT2D eigenvalue weighted by atomic mass is 16.5. The molecule has 0 spiro atoms. The Hall–Kier alpha value is -1.12. The number of rotatable bonds is 0. The maximum absolute atomic E-state index is 12.1. The summed E-state index contributed by atoms with van der Waals surface area (Å²) in [5.74, 6) is 0.473. The summed E-state index contributed by atoms with van der Waals surface area (Å²) in [7, 11) is 0. The summed E-state index contributed by atoms with van der Waals surface area (Å²) in [5, 5.41) is 0. The molecule has 3 heteroatoms. The number of hydrogen-bond acceptors (Lipinski definition) is 3. The smallest absolute Gasteiger partial charge is 0.313 e. The second-order valence-electron chi connectivity index (χ2n) is 6.00. The van der Waals surface area contributed by atoms with Crippen LogP contribution < -0.4 is 0 Å². The van der Waals surface area contributed by atoms with E-state index < -0.39 is 5.41 Å². The van der Waals surface area contributed by atoms with Gasteiger partial charge in [0.2, 0.25) is 0 Å². The molecule has 3 nitrogen and oxygen atoms in total. The van der Waals surface area contributed by atoms with Crippen molar-refractivity contribution in [3.05, 3.63) is 11.6 Å². The van der Waals surface area contributed by atoms with Gasteiger partial charge in [-0.1, -0.05) is 12.5 Å². The molecule has 0 aromatic rings. The summed E-state index contributed by atoms with van der Waals surface area (Å²) in [4.78, 5) is 23.7. The van der Waals surface area contributed by atoms with Crippen molar-refractivity contribution in [1.29, 1.82) is 0 Å². The van der Waals surface area contributed by atoms with Crippen molar-refractivity contribution in [2.75, 3.05) is 6.61 Å². The topological polar surface area (TPSA) is 43.4 Å². The number of esters is 1. The van der Waals surface area contributed by atoms with Crippen LogP contribution in [0.5, 0.6) is 0 Å². The van der Waals surface area contributed by atoms with Gasteiger partial charge in [-0.2, -0.15) is 0 Å². The van der Waals surface area contributed by atoms with Crippen molar-refractivity contribution < 1.29 is 14.3 Å². The van der Waals surface area contributed by atoms with Gasteiger partial charge in [0.15, 0.2) is 5.78 Å². The van der Waals surface area contributed by atoms with Gasteiger partial charge >= 0.3 is 5.97 Å². The van der Waals surface area contributed by atoms with Crippen molar-refractivity contribution in [1.82, 2.24) is 0 Å². The first-order valence-corrected chi connectivity index (χ1v) is 6.39. The summed E-state index contributed by atoms with van der Waals surface area (Å²) in [5.41, 5.74) is 0.584. The van der Waals surface area contributed by atoms with Crippen LogP contribution in [-0.2, 0) is 14.3 Å². The minimum atomic E-state index is -0.419. The number of ketones is 1. The minimum absolute atomic E-state index is 0.0649. The Bertz CT molecular complexity index is 437. The standard InChI is InChI=1S/C14H18O3/c1-13-6-5-11(15)7-9(13)3-4-10-8-17-12(16)14(10,13)2/h7,10H,3-6,8H2,1-2H3/t10-,13-,14+/m0/s1. The molecule has 0 radical (unpaired) electrons. The summed E-state index contributed by atoms with van der Waals surface area (Å²) in [6, 6.07) is 0. The second-order valence-corrected chi connectivity index (χ2v) is 6.00. The van der Waals surface area contributed by atoms with Crippen molar-refractivity contribution >= 4 is 11.8 Å². The van der Waals surface area contributed by atoms with Crippen LogP contribution in [0.2, 0.25) is 0 Å². The third-order valence-electron chi connectivity index (χ3n) is 5.48. The van der Waals surface area contributed by atoms with Gasteiger partial charge in [0.25, 0.3) is 0 Å². The highest BCUT2D eigenvalue weighted by Gasteiger charge is 2.63. The first kappa shape index (κ1) is 11.0. The first-order valence-electron chi connectivity index (χ1n) is 6.39. The van der Waals surface area contributed by atoms with Crippen molar-refractivity contribution in [3.63, 3.8) is 0 Å². The lowest BCUT2D eigenvalue weighted by molar-refractivity contribution is -0.153. The summed E-state index contributed by atoms with van der Waals surface area (Å²) >= 11 is 0. The van der Waals surface area contributed by atoms with Crippen molar-refractivity contribution in [3.8, 4) is 0 Å². The fourth-order valence-corrected chi connectivity index (χ4v) is 3.94. The quantitative estimate of drug-likeness (QED) is 0.604. The SMILES string of the molecule is C[C@]12CCC(=O)C=C1CC[C@H]1COC(=O)[C@@]12C. The Morgan fingerprint density at radius 1 is 1.29 bits per heavy atom. The molecule has 0 amide bonds. The molecule has 3 aliphatic rings. The van der Waals surface area contributed by atoms with E-state index in [0.717, 1.165) is 19.3 Å². The molecular formula is C14H18O3. The van der Waals surface area contributed by atoms with Gasteiger partial charge in [-0.3, -0.25) is 9.59 Å². The van der Waals surface area contributed by atoms with Gasteiger partial charge in [-0.25, -0.2) is 0 Å². The molecule has 0 bridgehead atoms. The van der Waals surface area contributed by atoms with Crippen molar-refractivity contribution in [2.45, 2.75) is 39.5 Å². The predicted molar refractivity (Wildman–Crippen MR) is 62.2 cm³/mol. The van der Waals surface area contributed by atoms with E-state index in [1.165, 1.54) is 5.57 Å². The highest BCUT2D eigenvalue weighted by molar-refractivity contribution is 5.92. The monoisotopic (exact) mass is 234 g/mol. The minimum Gasteiger partial charge on any atom is -0.465 e. The van der Waals surface area contributed by atoms with Gasteiger partial charge in [-0.15, -0.1) is 0 Å². The summed E-state index contributed by atoms with van der Waals surface area (Å²) in [6.07, 6.45) is 5.06. The van der Waals surface area contributed by atoms with E-state index in [1.807, 2.05) is 6.92 Å². The maximum atomic E-state index is 12.1. The van der Waals surface area contributed by atoms with Crippen LogP contribution in [0, 0.1) is 16.7 Å². The Balaban J connectivity index is 2.13. The number of fused-ring (bicyclic) bond motifs is 3. The Morgan fingerprint density at radius 3 is 2.82 bits per heavy atom. The number of hydrogen-bond donors (Lipinski definition) is 0. The van der Waals surface area contributed by atoms with Crippen LogP contribution in [0.3, 0.4) is 0 Å². The first-order chi connectivity index (χ1) is 7.98. The number of carbonyl (C=O) groups is 2. The lowest BCUT2D eigenvalue weighted by Gasteiger charge is -2.51. The highest BCUT2D eigenvalue weighted by Crippen LogP contribution is 2.62. The van der Waals surface area contributed by atoms with Gasteiger partial charge in [0.1, 0.15) is 0 Å². The number of carbonyl (C=O) groups excluding carboxylic acids is 2. The molecule has 17 heavy (non-hydrogen) atoms. The Kier molecular flexibility index (Phi) is 2.08. The fraction of sp³-hybridized carbons (Fsp3) is 0.714. The third-order valence-corrected chi connectivity index (χ3v) is 5.48. The van der Waals surface area contributed by atoms with Crippen LogP contribution in [0.1, 0.15) is 39.5 Å². The normalized spacial score (nSPS) is 44.8. The van der Waals surface area contributed by atoms with Gasteiger partial charge < -0.3 is 4.74 Å². The third kappa shape index (κ3) is 1.17. The molecule has 0 N–H and O–H groups in total. The van der Waals surface area contributed by atoms with Crippen LogP contribution >= 0.6 is 0 Å². The summed E-state index contributed by atoms with van der Waals surface area (Å²) in [6.45, 7) is 4.74. The van der Waals surface area contributed by atoms with Gasteiger partial charge in [-0.05, 0) is 32.3 Å². The molecule has 1 heterocycles. The fourth-order valence-electron chi connectivity index (χ4n) is 3.94. The lowest BCUT2D eigenvalue weighted by Crippen LogP contribution is -2.51. The molecule has 92 valence electrons. The number of cyclic esters (lactones) is 1. The molecule has 0 aromatic heterocycles. The van der Waals surface area contributed by atoms with Gasteiger partial charge in [0, 0.05) is 17.8 Å². The molecule has 2 aliphatic carbocycles. The van der Waals surface area contributed by atoms with Crippen LogP contribution in [0.25, 0.3) is 0 Å². The van der Waals surface area contributed by atoms with Crippen molar-refractivity contribution in [2.24, 2.45) is 16.7 Å². The molecule has 2 fully saturated rings. The molecule has 1 aliphatic heterocycles. The molecule has 3 atom stereocenters. The molecule has 1 saturated heterocycles. The van der Waals surface area contributed by atoms with Crippen LogP contribution in [0.4, 0.5) is 0 Å². The van der Waals surface area contributed by atoms with E-state index in [2.05, 4.69) is 6.92 Å². The Labute approximate surface area is 101 Å². The summed E-state index contributed by atoms with van der Waals surface area (Å²) < 4.78 is 5.29. The van der Waals surface area contributed by atoms with E-state index in [4.69, 9.17) is 4.74 Å². The zero-order valence-corrected chi connectivity index (χ0v) is 10.4. The average Bonchev–Trinajstić information content (AvgIpc) is 2.59. The van der Waals surface area contributed by atoms with E-state index in [0.29, 0.717) is 18.9 Å². The second kappa shape index (κ2) is 3.21. The largest absolute Gasteiger partial charge is 0.465 e. The molecular weight excluding hydrogens is 216 g/mol. The predicted octanol–water partition coefficient (Wildman–Crippen LogP) is 2.26. The van der Waals surface area contributed by atoms with Crippen LogP contribution in [-0.4, -0.2) is 18.4 Å². The molecule has 0 aromatic carbocycles. The zero-order valence-electron chi connectivity index (χ0n) is 10.4. The number of ether oxygens (including phenoxy) is 1. The average molecular weight is 234 g/mol.